The standard InChI is InChI=1S/C3H6O4S2.Na/c1-3(7-4)2-9(5,6)8;/h4H,1-2H2,(H,5,6,8);/q;+1/p-1. The molecule has 4 nitrogen and oxygen atoms in total. The number of hydrogen-bond acceptors (Lipinski definition) is 5. The maximum Gasteiger partial charge on any atom is 1.00 e. The Bertz CT molecular complexity index is 197. The van der Waals surface area contributed by atoms with Gasteiger partial charge in [0.2, 0.25) is 0 Å². The number of hydrogen-bond donors (Lipinski definition) is 1. The Balaban J connectivity index is 0. The molecule has 54 valence electrons. The predicted octanol–water partition coefficient (Wildman–Crippen LogP) is -3.13. The van der Waals surface area contributed by atoms with E-state index < -0.39 is 14.6 Å². The summed E-state index contributed by atoms with van der Waals surface area (Å²) in [5.41, 5.74) is 0. The van der Waals surface area contributed by atoms with Crippen molar-refractivity contribution in [2.45, 2.75) is 0 Å². The Morgan fingerprint density at radius 3 is 2.20 bits per heavy atom. The van der Waals surface area contributed by atoms with Crippen molar-refractivity contribution in [1.29, 1.82) is 0 Å². The van der Waals surface area contributed by atoms with Gasteiger partial charge in [-0.2, -0.15) is 0 Å². The average Bonchev–Trinajstić information content (AvgIpc) is 1.62. The van der Waals surface area contributed by atoms with Crippen LogP contribution in [-0.2, 0) is 25.4 Å². The topological polar surface area (TPSA) is 63.6 Å². The van der Waals surface area contributed by atoms with Crippen molar-refractivity contribution in [2.75, 3.05) is 5.75 Å². The molecule has 0 fully saturated rings. The molecule has 0 unspecified atom stereocenters. The van der Waals surface area contributed by atoms with Gasteiger partial charge < -0.3 is 16.5 Å². The first-order valence-corrected chi connectivity index (χ1v) is 4.46. The van der Waals surface area contributed by atoms with Crippen LogP contribution in [-0.4, -0.2) is 19.4 Å². The van der Waals surface area contributed by atoms with E-state index in [9.17, 15) is 8.42 Å². The van der Waals surface area contributed by atoms with Crippen molar-refractivity contribution in [2.24, 2.45) is 0 Å². The number of rotatable bonds is 3. The van der Waals surface area contributed by atoms with Gasteiger partial charge in [0.25, 0.3) is 0 Å². The third kappa shape index (κ3) is 8.80. The van der Waals surface area contributed by atoms with Crippen LogP contribution in [0.1, 0.15) is 0 Å². The minimum Gasteiger partial charge on any atom is -0.649 e. The molecule has 0 aliphatic rings. The van der Waals surface area contributed by atoms with E-state index in [1.165, 1.54) is 0 Å². The largest absolute Gasteiger partial charge is 1.00 e. The first kappa shape index (κ1) is 13.4. The molecule has 0 amide bonds. The summed E-state index contributed by atoms with van der Waals surface area (Å²) in [6.45, 7) is 3.04. The molecule has 0 aromatic carbocycles. The summed E-state index contributed by atoms with van der Waals surface area (Å²) in [7, 11) is -3.54. The van der Waals surface area contributed by atoms with Crippen LogP contribution in [0.15, 0.2) is 12.3 Å². The van der Waals surface area contributed by atoms with E-state index >= 15 is 0 Å². The van der Waals surface area contributed by atoms with E-state index in [2.05, 4.69) is 23.1 Å². The van der Waals surface area contributed by atoms with Crippen molar-refractivity contribution >= 4 is 20.5 Å². The fourth-order valence-electron chi connectivity index (χ4n) is 0.224. The summed E-state index contributed by atoms with van der Waals surface area (Å²) in [6, 6.07) is 0. The van der Waals surface area contributed by atoms with Crippen LogP contribution in [0.25, 0.3) is 0 Å². The molecule has 0 saturated heterocycles. The van der Waals surface area contributed by atoms with Gasteiger partial charge in [-0.1, -0.05) is 6.58 Å². The maximum atomic E-state index is 10.2. The molecule has 0 aliphatic heterocycles. The van der Waals surface area contributed by atoms with E-state index in [1.54, 1.807) is 0 Å². The molecule has 0 spiro atoms. The van der Waals surface area contributed by atoms with Crippen LogP contribution in [0, 0.1) is 0 Å². The second-order valence-electron chi connectivity index (χ2n) is 1.33. The quantitative estimate of drug-likeness (QED) is 0.128. The zero-order chi connectivity index (χ0) is 7.49. The molecular weight excluding hydrogens is 187 g/mol. The van der Waals surface area contributed by atoms with Crippen molar-refractivity contribution in [3.63, 3.8) is 0 Å². The van der Waals surface area contributed by atoms with Gasteiger partial charge in [-0.05, 0) is 0 Å². The Morgan fingerprint density at radius 1 is 1.70 bits per heavy atom. The Labute approximate surface area is 86.2 Å². The predicted molar refractivity (Wildman–Crippen MR) is 34.0 cm³/mol. The summed E-state index contributed by atoms with van der Waals surface area (Å²) in [6.07, 6.45) is 0. The molecule has 0 bridgehead atoms. The van der Waals surface area contributed by atoms with Crippen molar-refractivity contribution < 1.29 is 48.1 Å². The van der Waals surface area contributed by atoms with E-state index in [0.29, 0.717) is 0 Å². The van der Waals surface area contributed by atoms with Gasteiger partial charge in [-0.25, -0.2) is 5.26 Å². The second-order valence-corrected chi connectivity index (χ2v) is 4.26. The van der Waals surface area contributed by atoms with Gasteiger partial charge >= 0.3 is 29.6 Å². The minimum atomic E-state index is -3.54. The SMILES string of the molecule is C=C(CS(=O)(=O)[S-])OO.[Na+]. The fourth-order valence-corrected chi connectivity index (χ4v) is 1.06. The van der Waals surface area contributed by atoms with Gasteiger partial charge in [0.05, 0.1) is 5.75 Å². The monoisotopic (exact) mass is 192 g/mol. The molecule has 0 rings (SSSR count). The molecule has 0 aromatic rings. The normalized spacial score (nSPS) is 9.80. The molecule has 0 heterocycles. The molecule has 0 saturated carbocycles. The van der Waals surface area contributed by atoms with E-state index in [4.69, 9.17) is 5.26 Å². The summed E-state index contributed by atoms with van der Waals surface area (Å²) in [5.74, 6) is -0.802. The third-order valence-electron chi connectivity index (χ3n) is 0.467. The third-order valence-corrected chi connectivity index (χ3v) is 1.50. The van der Waals surface area contributed by atoms with Crippen molar-refractivity contribution in [3.05, 3.63) is 12.3 Å². The molecule has 0 atom stereocenters. The smallest absolute Gasteiger partial charge is 0.649 e. The van der Waals surface area contributed by atoms with Gasteiger partial charge in [-0.3, -0.25) is 8.42 Å². The van der Waals surface area contributed by atoms with Crippen molar-refractivity contribution in [3.8, 4) is 0 Å². The van der Waals surface area contributed by atoms with E-state index in [1.807, 2.05) is 0 Å². The molecule has 7 heteroatoms. The first-order chi connectivity index (χ1) is 3.95. The summed E-state index contributed by atoms with van der Waals surface area (Å²) < 4.78 is 20.3. The van der Waals surface area contributed by atoms with Crippen LogP contribution >= 0.6 is 0 Å². The summed E-state index contributed by atoms with van der Waals surface area (Å²) >= 11 is 3.95. The van der Waals surface area contributed by atoms with Crippen molar-refractivity contribution in [1.82, 2.24) is 0 Å². The Morgan fingerprint density at radius 2 is 2.10 bits per heavy atom. The van der Waals surface area contributed by atoms with Crippen LogP contribution in [0.3, 0.4) is 0 Å². The van der Waals surface area contributed by atoms with Crippen LogP contribution < -0.4 is 29.6 Å². The molecule has 0 aromatic heterocycles. The minimum absolute atomic E-state index is 0. The van der Waals surface area contributed by atoms with Gasteiger partial charge in [0, 0.05) is 8.87 Å². The Kier molecular flexibility index (Phi) is 7.30. The second kappa shape index (κ2) is 5.45. The van der Waals surface area contributed by atoms with Crippen LogP contribution in [0.2, 0.25) is 0 Å². The van der Waals surface area contributed by atoms with Gasteiger partial charge in [-0.15, -0.1) is 0 Å². The maximum absolute atomic E-state index is 10.2. The summed E-state index contributed by atoms with van der Waals surface area (Å²) in [5, 5.41) is 7.79. The van der Waals surface area contributed by atoms with Gasteiger partial charge in [0.1, 0.15) is 5.76 Å². The van der Waals surface area contributed by atoms with E-state index in [0.717, 1.165) is 0 Å². The zero-order valence-corrected chi connectivity index (χ0v) is 9.04. The Hall–Kier alpha value is 0.800. The van der Waals surface area contributed by atoms with Crippen LogP contribution in [0.5, 0.6) is 0 Å². The van der Waals surface area contributed by atoms with E-state index in [-0.39, 0.29) is 35.3 Å². The molecule has 10 heavy (non-hydrogen) atoms. The fraction of sp³-hybridized carbons (Fsp3) is 0.333. The molecule has 1 N–H and O–H groups in total. The molecular formula is C3H5NaO4S2. The first-order valence-electron chi connectivity index (χ1n) is 1.88. The summed E-state index contributed by atoms with van der Waals surface area (Å²) in [4.78, 5) is 3.49. The van der Waals surface area contributed by atoms with Gasteiger partial charge in [0.15, 0.2) is 0 Å². The average molecular weight is 192 g/mol. The molecule has 0 radical (unpaired) electrons. The zero-order valence-electron chi connectivity index (χ0n) is 5.40. The molecule has 0 aliphatic carbocycles. The van der Waals surface area contributed by atoms with Crippen LogP contribution in [0.4, 0.5) is 0 Å².